The lowest BCUT2D eigenvalue weighted by molar-refractivity contribution is -0.148. The standard InChI is InChI=1S/C13H15BrO3/c1-9(2)17-12(16)13(3,14)11(15)10-7-5-4-6-8-10/h4-9H,1-3H3. The summed E-state index contributed by atoms with van der Waals surface area (Å²) < 4.78 is 3.72. The molecule has 0 saturated heterocycles. The molecule has 1 aromatic rings. The van der Waals surface area contributed by atoms with Crippen molar-refractivity contribution in [3.63, 3.8) is 0 Å². The van der Waals surface area contributed by atoms with Gasteiger partial charge in [-0.3, -0.25) is 9.59 Å². The van der Waals surface area contributed by atoms with Crippen molar-refractivity contribution in [1.82, 2.24) is 0 Å². The van der Waals surface area contributed by atoms with Crippen molar-refractivity contribution in [3.8, 4) is 0 Å². The zero-order valence-electron chi connectivity index (χ0n) is 10.1. The molecule has 0 radical (unpaired) electrons. The molecule has 0 fully saturated rings. The molecule has 0 bridgehead atoms. The molecule has 0 amide bonds. The van der Waals surface area contributed by atoms with Crippen LogP contribution in [-0.4, -0.2) is 22.2 Å². The Kier molecular flexibility index (Phi) is 4.46. The Labute approximate surface area is 109 Å². The SMILES string of the molecule is CC(C)OC(=O)C(C)(Br)C(=O)c1ccccc1. The van der Waals surface area contributed by atoms with Gasteiger partial charge in [-0.05, 0) is 20.8 Å². The third-order valence-electron chi connectivity index (χ3n) is 2.19. The third-order valence-corrected chi connectivity index (χ3v) is 2.87. The quantitative estimate of drug-likeness (QED) is 0.371. The number of ketones is 1. The Morgan fingerprint density at radius 2 is 1.76 bits per heavy atom. The topological polar surface area (TPSA) is 43.4 Å². The predicted octanol–water partition coefficient (Wildman–Crippen LogP) is 2.97. The van der Waals surface area contributed by atoms with Crippen molar-refractivity contribution >= 4 is 27.7 Å². The van der Waals surface area contributed by atoms with E-state index in [0.29, 0.717) is 5.56 Å². The normalized spacial score (nSPS) is 14.2. The number of rotatable bonds is 4. The zero-order chi connectivity index (χ0) is 13.1. The molecular weight excluding hydrogens is 284 g/mol. The highest BCUT2D eigenvalue weighted by Crippen LogP contribution is 2.25. The number of alkyl halides is 1. The number of Topliss-reactive ketones (excluding diaryl/α,β-unsaturated/α-hetero) is 1. The second kappa shape index (κ2) is 5.45. The molecule has 92 valence electrons. The van der Waals surface area contributed by atoms with E-state index in [1.807, 2.05) is 6.07 Å². The maximum atomic E-state index is 12.1. The summed E-state index contributed by atoms with van der Waals surface area (Å²) in [6, 6.07) is 8.66. The summed E-state index contributed by atoms with van der Waals surface area (Å²) in [7, 11) is 0. The van der Waals surface area contributed by atoms with Crippen molar-refractivity contribution in [2.75, 3.05) is 0 Å². The van der Waals surface area contributed by atoms with Gasteiger partial charge in [0.15, 0.2) is 10.1 Å². The van der Waals surface area contributed by atoms with Crippen molar-refractivity contribution in [1.29, 1.82) is 0 Å². The van der Waals surface area contributed by atoms with Gasteiger partial charge in [0.25, 0.3) is 0 Å². The molecule has 0 aliphatic rings. The van der Waals surface area contributed by atoms with Crippen LogP contribution in [-0.2, 0) is 9.53 Å². The summed E-state index contributed by atoms with van der Waals surface area (Å²) in [6.45, 7) is 5.00. The number of carbonyl (C=O) groups is 2. The average molecular weight is 299 g/mol. The first kappa shape index (κ1) is 13.9. The monoisotopic (exact) mass is 298 g/mol. The van der Waals surface area contributed by atoms with Crippen LogP contribution in [0.15, 0.2) is 30.3 Å². The Hall–Kier alpha value is -1.16. The van der Waals surface area contributed by atoms with Crippen LogP contribution in [0.5, 0.6) is 0 Å². The summed E-state index contributed by atoms with van der Waals surface area (Å²) in [5.41, 5.74) is 0.479. The Morgan fingerprint density at radius 3 is 2.24 bits per heavy atom. The Balaban J connectivity index is 2.91. The van der Waals surface area contributed by atoms with Gasteiger partial charge < -0.3 is 4.74 Å². The average Bonchev–Trinajstić information content (AvgIpc) is 2.28. The highest BCUT2D eigenvalue weighted by molar-refractivity contribution is 9.10. The van der Waals surface area contributed by atoms with Gasteiger partial charge in [0.05, 0.1) is 6.10 Å². The molecule has 0 spiro atoms. The highest BCUT2D eigenvalue weighted by Gasteiger charge is 2.40. The Bertz CT molecular complexity index is 410. The van der Waals surface area contributed by atoms with Gasteiger partial charge >= 0.3 is 5.97 Å². The van der Waals surface area contributed by atoms with Gasteiger partial charge in [-0.2, -0.15) is 0 Å². The summed E-state index contributed by atoms with van der Waals surface area (Å²) in [5, 5.41) is 0. The smallest absolute Gasteiger partial charge is 0.330 e. The molecule has 1 unspecified atom stereocenters. The number of benzene rings is 1. The van der Waals surface area contributed by atoms with Gasteiger partial charge in [-0.1, -0.05) is 46.3 Å². The van der Waals surface area contributed by atoms with Gasteiger partial charge in [0, 0.05) is 5.56 Å². The largest absolute Gasteiger partial charge is 0.462 e. The molecular formula is C13H15BrO3. The van der Waals surface area contributed by atoms with E-state index >= 15 is 0 Å². The lowest BCUT2D eigenvalue weighted by Crippen LogP contribution is -2.40. The van der Waals surface area contributed by atoms with Crippen LogP contribution in [0, 0.1) is 0 Å². The fourth-order valence-corrected chi connectivity index (χ4v) is 1.60. The van der Waals surface area contributed by atoms with Crippen LogP contribution in [0.3, 0.4) is 0 Å². The fourth-order valence-electron chi connectivity index (χ4n) is 1.28. The second-order valence-electron chi connectivity index (χ2n) is 4.15. The van der Waals surface area contributed by atoms with Crippen molar-refractivity contribution in [2.45, 2.75) is 31.2 Å². The summed E-state index contributed by atoms with van der Waals surface area (Å²) in [5.74, 6) is -0.870. The number of halogens is 1. The van der Waals surface area contributed by atoms with Crippen LogP contribution in [0.2, 0.25) is 0 Å². The van der Waals surface area contributed by atoms with Crippen LogP contribution in [0.1, 0.15) is 31.1 Å². The van der Waals surface area contributed by atoms with Gasteiger partial charge in [0.2, 0.25) is 0 Å². The van der Waals surface area contributed by atoms with E-state index in [-0.39, 0.29) is 11.9 Å². The summed E-state index contributed by atoms with van der Waals surface area (Å²) >= 11 is 3.15. The van der Waals surface area contributed by atoms with E-state index in [9.17, 15) is 9.59 Å². The molecule has 0 aliphatic carbocycles. The number of carbonyl (C=O) groups excluding carboxylic acids is 2. The summed E-state index contributed by atoms with van der Waals surface area (Å²) in [4.78, 5) is 23.9. The minimum Gasteiger partial charge on any atom is -0.462 e. The van der Waals surface area contributed by atoms with Crippen LogP contribution >= 0.6 is 15.9 Å². The first-order chi connectivity index (χ1) is 7.85. The minimum atomic E-state index is -1.33. The van der Waals surface area contributed by atoms with Gasteiger partial charge in [0.1, 0.15) is 0 Å². The van der Waals surface area contributed by atoms with Crippen LogP contribution < -0.4 is 0 Å². The van der Waals surface area contributed by atoms with Crippen molar-refractivity contribution < 1.29 is 14.3 Å². The lowest BCUT2D eigenvalue weighted by Gasteiger charge is -2.20. The number of hydrogen-bond acceptors (Lipinski definition) is 3. The molecule has 1 rings (SSSR count). The van der Waals surface area contributed by atoms with Crippen molar-refractivity contribution in [2.24, 2.45) is 0 Å². The van der Waals surface area contributed by atoms with Crippen LogP contribution in [0.25, 0.3) is 0 Å². The van der Waals surface area contributed by atoms with Crippen molar-refractivity contribution in [3.05, 3.63) is 35.9 Å². The lowest BCUT2D eigenvalue weighted by atomic mass is 9.99. The molecule has 1 atom stereocenters. The van der Waals surface area contributed by atoms with E-state index < -0.39 is 10.3 Å². The second-order valence-corrected chi connectivity index (χ2v) is 5.74. The molecule has 3 nitrogen and oxygen atoms in total. The minimum absolute atomic E-state index is 0.247. The summed E-state index contributed by atoms with van der Waals surface area (Å²) in [6.07, 6.45) is -0.247. The highest BCUT2D eigenvalue weighted by atomic mass is 79.9. The van der Waals surface area contributed by atoms with E-state index in [0.717, 1.165) is 0 Å². The molecule has 0 aliphatic heterocycles. The number of ether oxygens (including phenoxy) is 1. The maximum Gasteiger partial charge on any atom is 0.330 e. The maximum absolute atomic E-state index is 12.1. The number of hydrogen-bond donors (Lipinski definition) is 0. The molecule has 0 aromatic heterocycles. The third kappa shape index (κ3) is 3.40. The number of esters is 1. The van der Waals surface area contributed by atoms with E-state index in [2.05, 4.69) is 15.9 Å². The van der Waals surface area contributed by atoms with Gasteiger partial charge in [-0.15, -0.1) is 0 Å². The molecule has 4 heteroatoms. The first-order valence-corrected chi connectivity index (χ1v) is 6.15. The fraction of sp³-hybridized carbons (Fsp3) is 0.385. The molecule has 0 saturated carbocycles. The molecule has 0 heterocycles. The van der Waals surface area contributed by atoms with Gasteiger partial charge in [-0.25, -0.2) is 0 Å². The first-order valence-electron chi connectivity index (χ1n) is 5.35. The Morgan fingerprint density at radius 1 is 1.24 bits per heavy atom. The molecule has 0 N–H and O–H groups in total. The van der Waals surface area contributed by atoms with E-state index in [1.165, 1.54) is 6.92 Å². The van der Waals surface area contributed by atoms with E-state index in [4.69, 9.17) is 4.74 Å². The zero-order valence-corrected chi connectivity index (χ0v) is 11.7. The van der Waals surface area contributed by atoms with E-state index in [1.54, 1.807) is 38.1 Å². The molecule has 17 heavy (non-hydrogen) atoms. The molecule has 1 aromatic carbocycles. The van der Waals surface area contributed by atoms with Crippen LogP contribution in [0.4, 0.5) is 0 Å². The predicted molar refractivity (Wildman–Crippen MR) is 69.3 cm³/mol.